The standard InChI is InChI=1S/C21H25ClN6O4/c1-13-19(22)14(2)28(26-13)12-17-25-21(32-27-17)20(30)24-11-10-23-18(29)9-6-15-4-7-16(31-3)8-5-15/h4-5,7-8H,6,9-12H2,1-3H3,(H,23,29)(H,24,30). The lowest BCUT2D eigenvalue weighted by Gasteiger charge is -2.06. The van der Waals surface area contributed by atoms with Gasteiger partial charge in [0.1, 0.15) is 12.3 Å². The van der Waals surface area contributed by atoms with Gasteiger partial charge in [0.2, 0.25) is 5.91 Å². The lowest BCUT2D eigenvalue weighted by Crippen LogP contribution is -2.34. The molecule has 2 heterocycles. The summed E-state index contributed by atoms with van der Waals surface area (Å²) < 4.78 is 11.8. The average molecular weight is 461 g/mol. The molecular formula is C21H25ClN6O4. The topological polar surface area (TPSA) is 124 Å². The van der Waals surface area contributed by atoms with Crippen molar-refractivity contribution in [2.24, 2.45) is 0 Å². The smallest absolute Gasteiger partial charge is 0.316 e. The fraction of sp³-hybridized carbons (Fsp3) is 0.381. The minimum atomic E-state index is -0.511. The summed E-state index contributed by atoms with van der Waals surface area (Å²) in [6.07, 6.45) is 0.969. The van der Waals surface area contributed by atoms with Crippen LogP contribution >= 0.6 is 11.6 Å². The summed E-state index contributed by atoms with van der Waals surface area (Å²) in [6, 6.07) is 7.57. The Kier molecular flexibility index (Phi) is 7.82. The van der Waals surface area contributed by atoms with Gasteiger partial charge in [0.05, 0.1) is 23.5 Å². The summed E-state index contributed by atoms with van der Waals surface area (Å²) in [5.74, 6) is 0.322. The Morgan fingerprint density at radius 2 is 1.88 bits per heavy atom. The number of rotatable bonds is 10. The van der Waals surface area contributed by atoms with Gasteiger partial charge < -0.3 is 19.9 Å². The number of aromatic nitrogens is 4. The quantitative estimate of drug-likeness (QED) is 0.444. The molecule has 0 unspecified atom stereocenters. The molecule has 10 nitrogen and oxygen atoms in total. The van der Waals surface area contributed by atoms with Crippen molar-refractivity contribution in [1.29, 1.82) is 0 Å². The van der Waals surface area contributed by atoms with Gasteiger partial charge in [-0.2, -0.15) is 10.1 Å². The lowest BCUT2D eigenvalue weighted by atomic mass is 10.1. The van der Waals surface area contributed by atoms with E-state index in [4.69, 9.17) is 20.9 Å². The fourth-order valence-corrected chi connectivity index (χ4v) is 3.10. The largest absolute Gasteiger partial charge is 0.497 e. The molecule has 0 bridgehead atoms. The van der Waals surface area contributed by atoms with Gasteiger partial charge in [-0.15, -0.1) is 0 Å². The summed E-state index contributed by atoms with van der Waals surface area (Å²) in [5, 5.41) is 14.1. The first-order chi connectivity index (χ1) is 15.4. The Morgan fingerprint density at radius 1 is 1.16 bits per heavy atom. The van der Waals surface area contributed by atoms with E-state index in [1.54, 1.807) is 18.7 Å². The van der Waals surface area contributed by atoms with Crippen LogP contribution in [-0.4, -0.2) is 51.9 Å². The van der Waals surface area contributed by atoms with Crippen molar-refractivity contribution >= 4 is 23.4 Å². The minimum Gasteiger partial charge on any atom is -0.497 e. The summed E-state index contributed by atoms with van der Waals surface area (Å²) in [6.45, 7) is 4.40. The van der Waals surface area contributed by atoms with E-state index < -0.39 is 5.91 Å². The first kappa shape index (κ1) is 23.3. The third kappa shape index (κ3) is 6.07. The first-order valence-electron chi connectivity index (χ1n) is 10.1. The van der Waals surface area contributed by atoms with Gasteiger partial charge in [-0.25, -0.2) is 0 Å². The molecule has 11 heteroatoms. The number of nitrogens with one attached hydrogen (secondary N) is 2. The van der Waals surface area contributed by atoms with Crippen LogP contribution in [0.25, 0.3) is 0 Å². The van der Waals surface area contributed by atoms with Gasteiger partial charge in [-0.05, 0) is 38.0 Å². The van der Waals surface area contributed by atoms with E-state index >= 15 is 0 Å². The summed E-state index contributed by atoms with van der Waals surface area (Å²) in [7, 11) is 1.61. The summed E-state index contributed by atoms with van der Waals surface area (Å²) in [4.78, 5) is 28.2. The number of carbonyl (C=O) groups excluding carboxylic acids is 2. The van der Waals surface area contributed by atoms with Crippen LogP contribution in [0.5, 0.6) is 5.75 Å². The zero-order valence-corrected chi connectivity index (χ0v) is 18.9. The summed E-state index contributed by atoms with van der Waals surface area (Å²) in [5.41, 5.74) is 2.53. The van der Waals surface area contributed by atoms with Gasteiger partial charge in [0, 0.05) is 19.5 Å². The number of halogens is 1. The molecule has 0 saturated heterocycles. The van der Waals surface area contributed by atoms with Crippen LogP contribution in [0.3, 0.4) is 0 Å². The third-order valence-corrected chi connectivity index (χ3v) is 5.33. The van der Waals surface area contributed by atoms with Crippen molar-refractivity contribution in [2.45, 2.75) is 33.2 Å². The van der Waals surface area contributed by atoms with Crippen molar-refractivity contribution in [1.82, 2.24) is 30.6 Å². The van der Waals surface area contributed by atoms with Crippen LogP contribution in [0, 0.1) is 13.8 Å². The molecule has 0 atom stereocenters. The van der Waals surface area contributed by atoms with Crippen molar-refractivity contribution in [3.05, 3.63) is 58.0 Å². The second kappa shape index (κ2) is 10.8. The highest BCUT2D eigenvalue weighted by Gasteiger charge is 2.17. The zero-order valence-electron chi connectivity index (χ0n) is 18.1. The van der Waals surface area contributed by atoms with Gasteiger partial charge >= 0.3 is 11.8 Å². The van der Waals surface area contributed by atoms with Crippen LogP contribution in [0.15, 0.2) is 28.8 Å². The SMILES string of the molecule is COc1ccc(CCC(=O)NCCNC(=O)c2nc(Cn3nc(C)c(Cl)c3C)no2)cc1. The fourth-order valence-electron chi connectivity index (χ4n) is 2.97. The highest BCUT2D eigenvalue weighted by molar-refractivity contribution is 6.31. The molecule has 0 aliphatic carbocycles. The maximum Gasteiger partial charge on any atom is 0.316 e. The molecule has 0 saturated carbocycles. The van der Waals surface area contributed by atoms with E-state index in [0.29, 0.717) is 35.9 Å². The Morgan fingerprint density at radius 3 is 2.53 bits per heavy atom. The molecule has 0 spiro atoms. The molecule has 0 radical (unpaired) electrons. The summed E-state index contributed by atoms with van der Waals surface area (Å²) >= 11 is 6.13. The normalized spacial score (nSPS) is 10.8. The van der Waals surface area contributed by atoms with Crippen molar-refractivity contribution in [2.75, 3.05) is 20.2 Å². The number of hydrogen-bond donors (Lipinski definition) is 2. The van der Waals surface area contributed by atoms with Crippen LogP contribution in [0.4, 0.5) is 0 Å². The molecule has 1 aromatic carbocycles. The number of hydrogen-bond acceptors (Lipinski definition) is 7. The van der Waals surface area contributed by atoms with E-state index in [-0.39, 0.29) is 24.9 Å². The highest BCUT2D eigenvalue weighted by atomic mass is 35.5. The predicted molar refractivity (Wildman–Crippen MR) is 117 cm³/mol. The average Bonchev–Trinajstić information content (AvgIpc) is 3.36. The Labute approximate surface area is 190 Å². The van der Waals surface area contributed by atoms with E-state index in [0.717, 1.165) is 17.0 Å². The predicted octanol–water partition coefficient (Wildman–Crippen LogP) is 2.07. The molecule has 2 amide bonds. The molecule has 0 aliphatic rings. The number of amides is 2. The molecule has 0 fully saturated rings. The molecular weight excluding hydrogens is 436 g/mol. The molecule has 2 N–H and O–H groups in total. The number of methoxy groups -OCH3 is 1. The zero-order chi connectivity index (χ0) is 23.1. The number of carbonyl (C=O) groups is 2. The monoisotopic (exact) mass is 460 g/mol. The molecule has 170 valence electrons. The number of nitrogens with zero attached hydrogens (tertiary/aromatic N) is 4. The van der Waals surface area contributed by atoms with Gasteiger partial charge in [-0.3, -0.25) is 14.3 Å². The Hall–Kier alpha value is -3.40. The van der Waals surface area contributed by atoms with Gasteiger partial charge in [0.25, 0.3) is 0 Å². The number of aryl methyl sites for hydroxylation is 2. The molecule has 3 rings (SSSR count). The first-order valence-corrected chi connectivity index (χ1v) is 10.4. The van der Waals surface area contributed by atoms with E-state index in [1.807, 2.05) is 31.2 Å². The van der Waals surface area contributed by atoms with E-state index in [1.165, 1.54) is 0 Å². The molecule has 0 aliphatic heterocycles. The van der Waals surface area contributed by atoms with Crippen molar-refractivity contribution < 1.29 is 18.8 Å². The second-order valence-electron chi connectivity index (χ2n) is 7.11. The third-order valence-electron chi connectivity index (χ3n) is 4.78. The minimum absolute atomic E-state index is 0.0984. The van der Waals surface area contributed by atoms with Gasteiger partial charge in [-0.1, -0.05) is 28.9 Å². The highest BCUT2D eigenvalue weighted by Crippen LogP contribution is 2.19. The lowest BCUT2D eigenvalue weighted by molar-refractivity contribution is -0.121. The van der Waals surface area contributed by atoms with Crippen LogP contribution < -0.4 is 15.4 Å². The number of ether oxygens (including phenoxy) is 1. The number of benzene rings is 1. The Bertz CT molecular complexity index is 1080. The molecule has 2 aromatic heterocycles. The second-order valence-corrected chi connectivity index (χ2v) is 7.49. The van der Waals surface area contributed by atoms with Crippen molar-refractivity contribution in [3.63, 3.8) is 0 Å². The van der Waals surface area contributed by atoms with Crippen LogP contribution in [0.2, 0.25) is 5.02 Å². The van der Waals surface area contributed by atoms with Gasteiger partial charge in [0.15, 0.2) is 5.82 Å². The van der Waals surface area contributed by atoms with E-state index in [9.17, 15) is 9.59 Å². The Balaban J connectivity index is 1.37. The van der Waals surface area contributed by atoms with Crippen molar-refractivity contribution in [3.8, 4) is 5.75 Å². The molecule has 3 aromatic rings. The maximum atomic E-state index is 12.2. The van der Waals surface area contributed by atoms with Crippen LogP contribution in [0.1, 0.15) is 39.9 Å². The van der Waals surface area contributed by atoms with E-state index in [2.05, 4.69) is 25.9 Å². The molecule has 32 heavy (non-hydrogen) atoms. The van der Waals surface area contributed by atoms with Crippen LogP contribution in [-0.2, 0) is 17.8 Å². The maximum absolute atomic E-state index is 12.2.